The van der Waals surface area contributed by atoms with E-state index in [1.54, 1.807) is 33.8 Å². The van der Waals surface area contributed by atoms with Gasteiger partial charge in [-0.3, -0.25) is 0 Å². The van der Waals surface area contributed by atoms with Crippen molar-refractivity contribution in [3.05, 3.63) is 80.5 Å². The molecule has 2 aromatic heterocycles. The van der Waals surface area contributed by atoms with Crippen LogP contribution < -0.4 is 0 Å². The molecule has 0 spiro atoms. The molecule has 2 aromatic carbocycles. The van der Waals surface area contributed by atoms with Crippen LogP contribution in [0.15, 0.2) is 60.7 Å². The van der Waals surface area contributed by atoms with E-state index in [0.29, 0.717) is 11.8 Å². The number of halogens is 2. The molecule has 0 saturated carbocycles. The molecule has 5 rings (SSSR count). The van der Waals surface area contributed by atoms with Crippen molar-refractivity contribution in [2.45, 2.75) is 97.3 Å². The first-order chi connectivity index (χ1) is 19.9. The molecule has 218 valence electrons. The van der Waals surface area contributed by atoms with Gasteiger partial charge in [0.1, 0.15) is 0 Å². The van der Waals surface area contributed by atoms with Crippen LogP contribution in [0.1, 0.15) is 103 Å². The van der Waals surface area contributed by atoms with Gasteiger partial charge in [0.05, 0.1) is 8.67 Å². The predicted molar refractivity (Wildman–Crippen MR) is 185 cm³/mol. The van der Waals surface area contributed by atoms with Crippen molar-refractivity contribution >= 4 is 45.9 Å². The largest absolute Gasteiger partial charge is 0.123 e. The molecule has 1 aliphatic carbocycles. The van der Waals surface area contributed by atoms with Gasteiger partial charge < -0.3 is 0 Å². The summed E-state index contributed by atoms with van der Waals surface area (Å²) in [6, 6.07) is 23.0. The van der Waals surface area contributed by atoms with E-state index in [2.05, 4.69) is 76.2 Å². The topological polar surface area (TPSA) is 0 Å². The maximum atomic E-state index is 6.42. The second-order valence-corrected chi connectivity index (χ2v) is 15.5. The van der Waals surface area contributed by atoms with Crippen molar-refractivity contribution < 1.29 is 0 Å². The molecule has 0 aliphatic heterocycles. The van der Waals surface area contributed by atoms with Crippen LogP contribution in [0.25, 0.3) is 32.0 Å². The Bertz CT molecular complexity index is 1340. The fraction of sp³-hybridized carbons (Fsp3) is 0.459. The molecular formula is C37H44Cl2S2. The molecule has 1 aliphatic rings. The fourth-order valence-electron chi connectivity index (χ4n) is 7.14. The Morgan fingerprint density at radius 3 is 1.39 bits per heavy atom. The highest BCUT2D eigenvalue weighted by Gasteiger charge is 2.45. The van der Waals surface area contributed by atoms with Gasteiger partial charge in [-0.25, -0.2) is 0 Å². The number of unbranched alkanes of at least 4 members (excludes halogenated alkanes) is 2. The van der Waals surface area contributed by atoms with E-state index in [1.165, 1.54) is 96.2 Å². The summed E-state index contributed by atoms with van der Waals surface area (Å²) in [5.74, 6) is 1.41. The van der Waals surface area contributed by atoms with Crippen LogP contribution in [0, 0.1) is 11.8 Å². The molecule has 2 unspecified atom stereocenters. The van der Waals surface area contributed by atoms with Crippen molar-refractivity contribution in [3.8, 4) is 32.0 Å². The molecule has 0 nitrogen and oxygen atoms in total. The van der Waals surface area contributed by atoms with Crippen LogP contribution in [0.3, 0.4) is 0 Å². The molecule has 0 amide bonds. The molecule has 2 heterocycles. The Balaban J connectivity index is 1.72. The Labute approximate surface area is 266 Å². The smallest absolute Gasteiger partial charge is 0.0934 e. The summed E-state index contributed by atoms with van der Waals surface area (Å²) in [6.45, 7) is 9.48. The minimum Gasteiger partial charge on any atom is -0.123 e. The van der Waals surface area contributed by atoms with Crippen LogP contribution in [0.5, 0.6) is 0 Å². The van der Waals surface area contributed by atoms with Crippen molar-refractivity contribution in [2.24, 2.45) is 11.8 Å². The highest BCUT2D eigenvalue weighted by atomic mass is 35.5. The number of hydrogen-bond acceptors (Lipinski definition) is 2. The highest BCUT2D eigenvalue weighted by molar-refractivity contribution is 7.19. The molecule has 0 fully saturated rings. The first kappa shape index (κ1) is 30.9. The molecule has 0 N–H and O–H groups in total. The summed E-state index contributed by atoms with van der Waals surface area (Å²) in [6.07, 6.45) is 12.7. The maximum Gasteiger partial charge on any atom is 0.0934 e. The lowest BCUT2D eigenvalue weighted by Gasteiger charge is -2.39. The summed E-state index contributed by atoms with van der Waals surface area (Å²) in [4.78, 5) is 2.51. The monoisotopic (exact) mass is 622 g/mol. The third kappa shape index (κ3) is 6.52. The first-order valence-corrected chi connectivity index (χ1v) is 18.1. The normalized spacial score (nSPS) is 15.1. The highest BCUT2D eigenvalue weighted by Crippen LogP contribution is 2.58. The number of benzene rings is 2. The summed E-state index contributed by atoms with van der Waals surface area (Å²) >= 11 is 16.2. The van der Waals surface area contributed by atoms with E-state index in [-0.39, 0.29) is 5.41 Å². The Morgan fingerprint density at radius 2 is 1.05 bits per heavy atom. The van der Waals surface area contributed by atoms with E-state index >= 15 is 0 Å². The Hall–Kier alpha value is -1.58. The number of hydrogen-bond donors (Lipinski definition) is 0. The molecule has 0 bridgehead atoms. The number of thiophene rings is 2. The van der Waals surface area contributed by atoms with Crippen LogP contribution in [-0.4, -0.2) is 0 Å². The standard InChI is InChI=1S/C37H44Cl2S2/c1-5-9-11-25(7-3)23-37(24-26(8-4)12-10-6-2)31-21-27(33-17-19-35(38)40-33)13-15-29(31)30-16-14-28(22-32(30)37)34-18-20-36(39)41-34/h13-22,25-26H,5-12,23-24H2,1-4H3. The minimum absolute atomic E-state index is 0.00162. The van der Waals surface area contributed by atoms with Gasteiger partial charge in [-0.2, -0.15) is 0 Å². The van der Waals surface area contributed by atoms with Crippen LogP contribution in [0.2, 0.25) is 8.67 Å². The van der Waals surface area contributed by atoms with Crippen LogP contribution >= 0.6 is 45.9 Å². The Kier molecular flexibility index (Phi) is 10.4. The van der Waals surface area contributed by atoms with E-state index in [4.69, 9.17) is 23.2 Å². The quantitative estimate of drug-likeness (QED) is 0.131. The van der Waals surface area contributed by atoms with Gasteiger partial charge >= 0.3 is 0 Å². The first-order valence-electron chi connectivity index (χ1n) is 15.7. The second-order valence-electron chi connectivity index (χ2n) is 12.1. The molecule has 4 aromatic rings. The minimum atomic E-state index is 0.00162. The summed E-state index contributed by atoms with van der Waals surface area (Å²) in [5, 5.41) is 0. The third-order valence-electron chi connectivity index (χ3n) is 9.44. The lowest BCUT2D eigenvalue weighted by atomic mass is 9.65. The molecule has 41 heavy (non-hydrogen) atoms. The third-order valence-corrected chi connectivity index (χ3v) is 12.0. The SMILES string of the molecule is CCCCC(CC)CC1(CC(CC)CCCC)c2cc(-c3ccc(Cl)s3)ccc2-c2ccc(-c3ccc(Cl)s3)cc21. The zero-order valence-electron chi connectivity index (χ0n) is 25.1. The number of fused-ring (bicyclic) bond motifs is 3. The van der Waals surface area contributed by atoms with E-state index in [9.17, 15) is 0 Å². The average molecular weight is 624 g/mol. The van der Waals surface area contributed by atoms with Gasteiger partial charge in [0.15, 0.2) is 0 Å². The zero-order chi connectivity index (χ0) is 29.0. The van der Waals surface area contributed by atoms with Gasteiger partial charge in [-0.05, 0) is 94.5 Å². The predicted octanol–water partition coefficient (Wildman–Crippen LogP) is 13.9. The van der Waals surface area contributed by atoms with Crippen LogP contribution in [-0.2, 0) is 5.41 Å². The Morgan fingerprint density at radius 1 is 0.610 bits per heavy atom. The number of rotatable bonds is 14. The maximum absolute atomic E-state index is 6.42. The second kappa shape index (κ2) is 13.8. The molecule has 4 heteroatoms. The van der Waals surface area contributed by atoms with Crippen LogP contribution in [0.4, 0.5) is 0 Å². The van der Waals surface area contributed by atoms with Gasteiger partial charge in [0.25, 0.3) is 0 Å². The van der Waals surface area contributed by atoms with Crippen molar-refractivity contribution in [3.63, 3.8) is 0 Å². The zero-order valence-corrected chi connectivity index (χ0v) is 28.2. The van der Waals surface area contributed by atoms with Gasteiger partial charge in [-0.15, -0.1) is 22.7 Å². The lowest BCUT2D eigenvalue weighted by molar-refractivity contribution is 0.266. The van der Waals surface area contributed by atoms with Crippen molar-refractivity contribution in [1.82, 2.24) is 0 Å². The van der Waals surface area contributed by atoms with Gasteiger partial charge in [0.2, 0.25) is 0 Å². The van der Waals surface area contributed by atoms with E-state index in [1.807, 2.05) is 12.1 Å². The van der Waals surface area contributed by atoms with Gasteiger partial charge in [0, 0.05) is 15.2 Å². The van der Waals surface area contributed by atoms with Crippen molar-refractivity contribution in [2.75, 3.05) is 0 Å². The summed E-state index contributed by atoms with van der Waals surface area (Å²) in [7, 11) is 0. The van der Waals surface area contributed by atoms with E-state index in [0.717, 1.165) is 8.67 Å². The fourth-order valence-corrected chi connectivity index (χ4v) is 9.21. The molecule has 2 atom stereocenters. The molecule has 0 radical (unpaired) electrons. The summed E-state index contributed by atoms with van der Waals surface area (Å²) < 4.78 is 1.70. The summed E-state index contributed by atoms with van der Waals surface area (Å²) in [5.41, 5.74) is 8.54. The van der Waals surface area contributed by atoms with E-state index < -0.39 is 0 Å². The average Bonchev–Trinajstić information content (AvgIpc) is 3.69. The molecular weight excluding hydrogens is 579 g/mol. The lowest BCUT2D eigenvalue weighted by Crippen LogP contribution is -2.31. The van der Waals surface area contributed by atoms with Gasteiger partial charge in [-0.1, -0.05) is 127 Å². The molecule has 0 saturated heterocycles. The van der Waals surface area contributed by atoms with Crippen molar-refractivity contribution in [1.29, 1.82) is 0 Å².